The zero-order chi connectivity index (χ0) is 15.1. The maximum atomic E-state index is 9.11. The molecule has 10 nitrogen and oxygen atoms in total. The molecule has 0 atom stereocenters. The average Bonchev–Trinajstić information content (AvgIpc) is 2.55. The van der Waals surface area contributed by atoms with Crippen LogP contribution in [0.25, 0.3) is 0 Å². The summed E-state index contributed by atoms with van der Waals surface area (Å²) in [5.74, 6) is 6.50. The summed E-state index contributed by atoms with van der Waals surface area (Å²) in [6.45, 7) is 3.11. The fourth-order valence-electron chi connectivity index (χ4n) is 2.02. The van der Waals surface area contributed by atoms with Crippen LogP contribution in [0.5, 0.6) is 0 Å². The molecule has 0 amide bonds. The standard InChI is InChI=1S/C11H21N7O3/c12-16-9-13-10(17(1-5-19)2-6-20)15-11(14-9)18-3-7-21-8-4-18/h19-20H,1-8,12H2,(H,13,14,15,16). The van der Waals surface area contributed by atoms with Crippen LogP contribution in [0.4, 0.5) is 17.8 Å². The first kappa shape index (κ1) is 15.6. The smallest absolute Gasteiger partial charge is 0.243 e. The number of aromatic nitrogens is 3. The van der Waals surface area contributed by atoms with Gasteiger partial charge in [0.05, 0.1) is 26.4 Å². The van der Waals surface area contributed by atoms with Gasteiger partial charge in [0.2, 0.25) is 17.8 Å². The molecular formula is C11H21N7O3. The second-order valence-corrected chi connectivity index (χ2v) is 4.44. The van der Waals surface area contributed by atoms with Crippen molar-refractivity contribution in [2.75, 3.05) is 67.8 Å². The number of anilines is 3. The highest BCUT2D eigenvalue weighted by Gasteiger charge is 2.18. The summed E-state index contributed by atoms with van der Waals surface area (Å²) < 4.78 is 5.30. The van der Waals surface area contributed by atoms with Gasteiger partial charge in [-0.2, -0.15) is 15.0 Å². The van der Waals surface area contributed by atoms with E-state index in [0.29, 0.717) is 51.3 Å². The van der Waals surface area contributed by atoms with Crippen LogP contribution in [0.15, 0.2) is 0 Å². The summed E-state index contributed by atoms with van der Waals surface area (Å²) in [7, 11) is 0. The average molecular weight is 299 g/mol. The van der Waals surface area contributed by atoms with E-state index in [4.69, 9.17) is 20.8 Å². The maximum absolute atomic E-state index is 9.11. The lowest BCUT2D eigenvalue weighted by Gasteiger charge is -2.28. The van der Waals surface area contributed by atoms with Gasteiger partial charge in [-0.05, 0) is 0 Å². The number of nitrogens with two attached hydrogens (primary N) is 1. The van der Waals surface area contributed by atoms with Gasteiger partial charge in [-0.15, -0.1) is 0 Å². The van der Waals surface area contributed by atoms with Crippen molar-refractivity contribution in [1.29, 1.82) is 0 Å². The molecule has 21 heavy (non-hydrogen) atoms. The lowest BCUT2D eigenvalue weighted by molar-refractivity contribution is 0.122. The van der Waals surface area contributed by atoms with Crippen molar-refractivity contribution < 1.29 is 14.9 Å². The monoisotopic (exact) mass is 299 g/mol. The third kappa shape index (κ3) is 4.11. The van der Waals surface area contributed by atoms with E-state index in [0.717, 1.165) is 0 Å². The van der Waals surface area contributed by atoms with Gasteiger partial charge in [0.25, 0.3) is 0 Å². The number of hydrazine groups is 1. The van der Waals surface area contributed by atoms with E-state index in [-0.39, 0.29) is 19.2 Å². The minimum absolute atomic E-state index is 0.0655. The van der Waals surface area contributed by atoms with Crippen LogP contribution in [0.1, 0.15) is 0 Å². The molecule has 1 aromatic rings. The molecule has 5 N–H and O–H groups in total. The number of nitrogen functional groups attached to an aromatic ring is 1. The number of hydrogen-bond acceptors (Lipinski definition) is 10. The summed E-state index contributed by atoms with van der Waals surface area (Å²) in [6, 6.07) is 0. The van der Waals surface area contributed by atoms with E-state index in [2.05, 4.69) is 20.4 Å². The van der Waals surface area contributed by atoms with Crippen molar-refractivity contribution in [3.05, 3.63) is 0 Å². The predicted octanol–water partition coefficient (Wildman–Crippen LogP) is -2.22. The molecule has 0 unspecified atom stereocenters. The molecule has 2 heterocycles. The highest BCUT2D eigenvalue weighted by molar-refractivity contribution is 5.45. The summed E-state index contributed by atoms with van der Waals surface area (Å²) in [5, 5.41) is 18.2. The van der Waals surface area contributed by atoms with Crippen molar-refractivity contribution in [2.24, 2.45) is 5.84 Å². The Morgan fingerprint density at radius 3 is 2.38 bits per heavy atom. The zero-order valence-electron chi connectivity index (χ0n) is 11.8. The Morgan fingerprint density at radius 2 is 1.81 bits per heavy atom. The number of nitrogens with zero attached hydrogens (tertiary/aromatic N) is 5. The van der Waals surface area contributed by atoms with Gasteiger partial charge in [-0.25, -0.2) is 5.84 Å². The molecule has 10 heteroatoms. The molecule has 1 aliphatic rings. The molecular weight excluding hydrogens is 278 g/mol. The molecule has 1 fully saturated rings. The summed E-state index contributed by atoms with van der Waals surface area (Å²) in [4.78, 5) is 16.5. The van der Waals surface area contributed by atoms with Crippen molar-refractivity contribution >= 4 is 17.8 Å². The van der Waals surface area contributed by atoms with Crippen LogP contribution in [0.2, 0.25) is 0 Å². The number of morpholine rings is 1. The normalized spacial score (nSPS) is 15.1. The third-order valence-electron chi connectivity index (χ3n) is 3.06. The number of aliphatic hydroxyl groups excluding tert-OH is 2. The van der Waals surface area contributed by atoms with Crippen LogP contribution in [0.3, 0.4) is 0 Å². The molecule has 0 bridgehead atoms. The summed E-state index contributed by atoms with van der Waals surface area (Å²) in [5.41, 5.74) is 2.41. The van der Waals surface area contributed by atoms with Gasteiger partial charge in [0.15, 0.2) is 0 Å². The van der Waals surface area contributed by atoms with Crippen molar-refractivity contribution in [2.45, 2.75) is 0 Å². The molecule has 118 valence electrons. The number of ether oxygens (including phenoxy) is 1. The first-order chi connectivity index (χ1) is 10.3. The second-order valence-electron chi connectivity index (χ2n) is 4.44. The van der Waals surface area contributed by atoms with Gasteiger partial charge in [-0.3, -0.25) is 5.43 Å². The Hall–Kier alpha value is -1.75. The zero-order valence-corrected chi connectivity index (χ0v) is 11.8. The summed E-state index contributed by atoms with van der Waals surface area (Å²) >= 11 is 0. The number of aliphatic hydroxyl groups is 2. The molecule has 0 aromatic carbocycles. The Morgan fingerprint density at radius 1 is 1.14 bits per heavy atom. The predicted molar refractivity (Wildman–Crippen MR) is 77.1 cm³/mol. The fraction of sp³-hybridized carbons (Fsp3) is 0.727. The van der Waals surface area contributed by atoms with Crippen LogP contribution in [-0.2, 0) is 4.74 Å². The van der Waals surface area contributed by atoms with Crippen molar-refractivity contribution in [3.8, 4) is 0 Å². The maximum Gasteiger partial charge on any atom is 0.243 e. The molecule has 0 saturated carbocycles. The van der Waals surface area contributed by atoms with Crippen LogP contribution >= 0.6 is 0 Å². The highest BCUT2D eigenvalue weighted by atomic mass is 16.5. The first-order valence-electron chi connectivity index (χ1n) is 6.80. The van der Waals surface area contributed by atoms with E-state index in [1.54, 1.807) is 4.90 Å². The lowest BCUT2D eigenvalue weighted by Crippen LogP contribution is -2.38. The molecule has 0 radical (unpaired) electrons. The SMILES string of the molecule is NNc1nc(N(CCO)CCO)nc(N2CCOCC2)n1. The van der Waals surface area contributed by atoms with E-state index in [1.807, 2.05) is 4.90 Å². The summed E-state index contributed by atoms with van der Waals surface area (Å²) in [6.07, 6.45) is 0. The quantitative estimate of drug-likeness (QED) is 0.324. The van der Waals surface area contributed by atoms with Gasteiger partial charge in [0, 0.05) is 26.2 Å². The van der Waals surface area contributed by atoms with Crippen molar-refractivity contribution in [3.63, 3.8) is 0 Å². The molecule has 1 aliphatic heterocycles. The molecule has 1 aromatic heterocycles. The lowest BCUT2D eigenvalue weighted by atomic mass is 10.4. The van der Waals surface area contributed by atoms with Crippen molar-refractivity contribution in [1.82, 2.24) is 15.0 Å². The topological polar surface area (TPSA) is 133 Å². The van der Waals surface area contributed by atoms with E-state index < -0.39 is 0 Å². The third-order valence-corrected chi connectivity index (χ3v) is 3.06. The highest BCUT2D eigenvalue weighted by Crippen LogP contribution is 2.17. The fourth-order valence-corrected chi connectivity index (χ4v) is 2.02. The Kier molecular flexibility index (Phi) is 5.87. The Balaban J connectivity index is 2.26. The van der Waals surface area contributed by atoms with Gasteiger partial charge < -0.3 is 24.7 Å². The van der Waals surface area contributed by atoms with Crippen LogP contribution in [-0.4, -0.2) is 77.8 Å². The molecule has 0 aliphatic carbocycles. The van der Waals surface area contributed by atoms with Gasteiger partial charge >= 0.3 is 0 Å². The number of hydrogen-bond donors (Lipinski definition) is 4. The molecule has 0 spiro atoms. The van der Waals surface area contributed by atoms with Crippen LogP contribution in [0, 0.1) is 0 Å². The van der Waals surface area contributed by atoms with Gasteiger partial charge in [-0.1, -0.05) is 0 Å². The number of nitrogens with one attached hydrogen (secondary N) is 1. The first-order valence-corrected chi connectivity index (χ1v) is 6.80. The van der Waals surface area contributed by atoms with E-state index in [9.17, 15) is 0 Å². The van der Waals surface area contributed by atoms with E-state index in [1.165, 1.54) is 0 Å². The molecule has 2 rings (SSSR count). The Bertz CT molecular complexity index is 436. The second kappa shape index (κ2) is 7.88. The van der Waals surface area contributed by atoms with Crippen LogP contribution < -0.4 is 21.1 Å². The number of rotatable bonds is 7. The minimum atomic E-state index is -0.0655. The Labute approximate surface area is 122 Å². The van der Waals surface area contributed by atoms with E-state index >= 15 is 0 Å². The largest absolute Gasteiger partial charge is 0.395 e. The van der Waals surface area contributed by atoms with Gasteiger partial charge in [0.1, 0.15) is 0 Å². The molecule has 1 saturated heterocycles. The minimum Gasteiger partial charge on any atom is -0.395 e.